The molecule has 118 valence electrons. The zero-order chi connectivity index (χ0) is 16.6. The lowest BCUT2D eigenvalue weighted by Crippen LogP contribution is -2.08. The van der Waals surface area contributed by atoms with Crippen LogP contribution in [-0.4, -0.2) is 15.0 Å². The van der Waals surface area contributed by atoms with Crippen molar-refractivity contribution in [2.75, 3.05) is 0 Å². The van der Waals surface area contributed by atoms with E-state index in [1.807, 2.05) is 6.92 Å². The zero-order valence-corrected chi connectivity index (χ0v) is 12.3. The zero-order valence-electron chi connectivity index (χ0n) is 12.3. The monoisotopic (exact) mass is 319 g/mol. The number of alkyl halides is 3. The summed E-state index contributed by atoms with van der Waals surface area (Å²) in [5.74, 6) is 0.357. The normalized spacial score (nSPS) is 11.7. The molecule has 0 bridgehead atoms. The number of ether oxygens (including phenoxy) is 1. The van der Waals surface area contributed by atoms with Gasteiger partial charge < -0.3 is 4.74 Å². The molecule has 1 aromatic carbocycles. The van der Waals surface area contributed by atoms with Gasteiger partial charge in [0.15, 0.2) is 0 Å². The molecule has 7 heteroatoms. The third-order valence-corrected chi connectivity index (χ3v) is 3.27. The van der Waals surface area contributed by atoms with Crippen molar-refractivity contribution in [2.24, 2.45) is 0 Å². The Morgan fingerprint density at radius 1 is 0.957 bits per heavy atom. The number of aromatic nitrogens is 3. The van der Waals surface area contributed by atoms with Crippen LogP contribution < -0.4 is 4.74 Å². The Kier molecular flexibility index (Phi) is 3.63. The van der Waals surface area contributed by atoms with Crippen LogP contribution in [0.5, 0.6) is 11.8 Å². The molecule has 0 fully saturated rings. The molecule has 0 unspecified atom stereocenters. The average molecular weight is 319 g/mol. The standard InChI is InChI=1S/C16H12F3N3O/c1-9-7-20-15(21-8-9)23-12-5-3-10(2)14-11(12)4-6-13(22-14)16(17,18)19/h3-8H,1-2H3. The van der Waals surface area contributed by atoms with Crippen LogP contribution in [0.3, 0.4) is 0 Å². The molecule has 3 aromatic rings. The Morgan fingerprint density at radius 2 is 1.65 bits per heavy atom. The number of fused-ring (bicyclic) bond motifs is 1. The quantitative estimate of drug-likeness (QED) is 0.700. The number of rotatable bonds is 2. The molecule has 0 atom stereocenters. The molecule has 4 nitrogen and oxygen atoms in total. The summed E-state index contributed by atoms with van der Waals surface area (Å²) in [5.41, 5.74) is 0.812. The summed E-state index contributed by atoms with van der Waals surface area (Å²) in [6, 6.07) is 5.72. The fourth-order valence-electron chi connectivity index (χ4n) is 2.11. The average Bonchev–Trinajstić information content (AvgIpc) is 2.51. The lowest BCUT2D eigenvalue weighted by molar-refractivity contribution is -0.140. The highest BCUT2D eigenvalue weighted by molar-refractivity contribution is 5.88. The summed E-state index contributed by atoms with van der Waals surface area (Å²) in [6.45, 7) is 3.54. The Hall–Kier alpha value is -2.70. The minimum Gasteiger partial charge on any atom is -0.424 e. The van der Waals surface area contributed by atoms with Crippen molar-refractivity contribution in [1.29, 1.82) is 0 Å². The minimum absolute atomic E-state index is 0.126. The van der Waals surface area contributed by atoms with Crippen molar-refractivity contribution in [3.05, 3.63) is 53.5 Å². The summed E-state index contributed by atoms with van der Waals surface area (Å²) in [6.07, 6.45) is -1.30. The van der Waals surface area contributed by atoms with Crippen LogP contribution in [0.15, 0.2) is 36.7 Å². The van der Waals surface area contributed by atoms with Crippen LogP contribution in [0.25, 0.3) is 10.9 Å². The van der Waals surface area contributed by atoms with E-state index < -0.39 is 11.9 Å². The summed E-state index contributed by atoms with van der Waals surface area (Å²) >= 11 is 0. The second-order valence-electron chi connectivity index (χ2n) is 5.12. The van der Waals surface area contributed by atoms with E-state index in [4.69, 9.17) is 4.74 Å². The van der Waals surface area contributed by atoms with E-state index in [1.165, 1.54) is 6.07 Å². The van der Waals surface area contributed by atoms with Crippen LogP contribution in [0, 0.1) is 13.8 Å². The molecule has 2 aromatic heterocycles. The number of halogens is 3. The second-order valence-corrected chi connectivity index (χ2v) is 5.12. The first-order valence-corrected chi connectivity index (χ1v) is 6.78. The summed E-state index contributed by atoms with van der Waals surface area (Å²) in [7, 11) is 0. The predicted molar refractivity (Wildman–Crippen MR) is 78.3 cm³/mol. The maximum absolute atomic E-state index is 12.8. The summed E-state index contributed by atoms with van der Waals surface area (Å²) in [5, 5.41) is 0.474. The highest BCUT2D eigenvalue weighted by atomic mass is 19.4. The molecule has 0 aliphatic heterocycles. The molecule has 0 N–H and O–H groups in total. The van der Waals surface area contributed by atoms with Crippen molar-refractivity contribution in [3.63, 3.8) is 0 Å². The third kappa shape index (κ3) is 3.08. The Morgan fingerprint density at radius 3 is 2.30 bits per heavy atom. The van der Waals surface area contributed by atoms with Gasteiger partial charge in [0.1, 0.15) is 11.4 Å². The fraction of sp³-hybridized carbons (Fsp3) is 0.188. The van der Waals surface area contributed by atoms with E-state index in [1.54, 1.807) is 31.5 Å². The van der Waals surface area contributed by atoms with Crippen molar-refractivity contribution in [1.82, 2.24) is 15.0 Å². The van der Waals surface area contributed by atoms with Crippen molar-refractivity contribution >= 4 is 10.9 Å². The third-order valence-electron chi connectivity index (χ3n) is 3.27. The van der Waals surface area contributed by atoms with Gasteiger partial charge in [0.05, 0.1) is 5.52 Å². The predicted octanol–water partition coefficient (Wildman–Crippen LogP) is 4.45. The second kappa shape index (κ2) is 5.49. The lowest BCUT2D eigenvalue weighted by atomic mass is 10.1. The molecule has 0 saturated carbocycles. The number of benzene rings is 1. The maximum Gasteiger partial charge on any atom is 0.433 e. The molecule has 0 saturated heterocycles. The first-order valence-electron chi connectivity index (χ1n) is 6.78. The van der Waals surface area contributed by atoms with Crippen LogP contribution in [-0.2, 0) is 6.18 Å². The van der Waals surface area contributed by atoms with E-state index in [0.29, 0.717) is 16.7 Å². The number of hydrogen-bond donors (Lipinski definition) is 0. The summed E-state index contributed by atoms with van der Waals surface area (Å²) < 4.78 is 44.0. The molecule has 0 amide bonds. The van der Waals surface area contributed by atoms with E-state index in [9.17, 15) is 13.2 Å². The van der Waals surface area contributed by atoms with Gasteiger partial charge in [0, 0.05) is 17.8 Å². The Bertz CT molecular complexity index is 861. The van der Waals surface area contributed by atoms with E-state index in [-0.39, 0.29) is 11.5 Å². The smallest absolute Gasteiger partial charge is 0.424 e. The lowest BCUT2D eigenvalue weighted by Gasteiger charge is -2.11. The molecule has 23 heavy (non-hydrogen) atoms. The van der Waals surface area contributed by atoms with Crippen molar-refractivity contribution < 1.29 is 17.9 Å². The largest absolute Gasteiger partial charge is 0.433 e. The van der Waals surface area contributed by atoms with Crippen molar-refractivity contribution in [2.45, 2.75) is 20.0 Å². The van der Waals surface area contributed by atoms with Gasteiger partial charge in [-0.3, -0.25) is 0 Å². The minimum atomic E-state index is -4.49. The Balaban J connectivity index is 2.08. The van der Waals surface area contributed by atoms with Gasteiger partial charge in [0.25, 0.3) is 0 Å². The molecular formula is C16H12F3N3O. The van der Waals surface area contributed by atoms with E-state index in [0.717, 1.165) is 11.6 Å². The number of pyridine rings is 1. The van der Waals surface area contributed by atoms with Gasteiger partial charge in [-0.2, -0.15) is 13.2 Å². The van der Waals surface area contributed by atoms with Gasteiger partial charge in [-0.25, -0.2) is 15.0 Å². The van der Waals surface area contributed by atoms with Crippen LogP contribution in [0.4, 0.5) is 13.2 Å². The van der Waals surface area contributed by atoms with Crippen LogP contribution >= 0.6 is 0 Å². The number of hydrogen-bond acceptors (Lipinski definition) is 4. The van der Waals surface area contributed by atoms with Gasteiger partial charge in [-0.1, -0.05) is 6.07 Å². The first kappa shape index (κ1) is 15.2. The highest BCUT2D eigenvalue weighted by Crippen LogP contribution is 2.34. The SMILES string of the molecule is Cc1cnc(Oc2ccc(C)c3nc(C(F)(F)F)ccc23)nc1. The summed E-state index contributed by atoms with van der Waals surface area (Å²) in [4.78, 5) is 11.8. The van der Waals surface area contributed by atoms with Crippen molar-refractivity contribution in [3.8, 4) is 11.8 Å². The van der Waals surface area contributed by atoms with E-state index in [2.05, 4.69) is 15.0 Å². The van der Waals surface area contributed by atoms with Gasteiger partial charge in [-0.05, 0) is 43.2 Å². The molecular weight excluding hydrogens is 307 g/mol. The number of aryl methyl sites for hydroxylation is 2. The van der Waals surface area contributed by atoms with Gasteiger partial charge in [-0.15, -0.1) is 0 Å². The molecule has 0 radical (unpaired) electrons. The number of nitrogens with zero attached hydrogens (tertiary/aromatic N) is 3. The van der Waals surface area contributed by atoms with Gasteiger partial charge in [0.2, 0.25) is 0 Å². The highest BCUT2D eigenvalue weighted by Gasteiger charge is 2.32. The first-order chi connectivity index (χ1) is 10.8. The molecule has 0 aliphatic carbocycles. The molecule has 3 rings (SSSR count). The van der Waals surface area contributed by atoms with Crippen LogP contribution in [0.2, 0.25) is 0 Å². The molecule has 2 heterocycles. The fourth-order valence-corrected chi connectivity index (χ4v) is 2.11. The topological polar surface area (TPSA) is 47.9 Å². The van der Waals surface area contributed by atoms with E-state index >= 15 is 0 Å². The maximum atomic E-state index is 12.8. The Labute approximate surface area is 130 Å². The molecule has 0 spiro atoms. The van der Waals surface area contributed by atoms with Gasteiger partial charge >= 0.3 is 12.2 Å². The van der Waals surface area contributed by atoms with Crippen LogP contribution in [0.1, 0.15) is 16.8 Å². The molecule has 0 aliphatic rings.